The van der Waals surface area contributed by atoms with Crippen LogP contribution in [0.25, 0.3) is 0 Å². The van der Waals surface area contributed by atoms with Crippen LogP contribution in [0.1, 0.15) is 31.4 Å². The van der Waals surface area contributed by atoms with Crippen molar-refractivity contribution in [2.24, 2.45) is 11.8 Å². The molecule has 0 amide bonds. The van der Waals surface area contributed by atoms with E-state index in [1.807, 2.05) is 24.3 Å². The van der Waals surface area contributed by atoms with E-state index in [-0.39, 0.29) is 6.10 Å². The van der Waals surface area contributed by atoms with Gasteiger partial charge in [0.1, 0.15) is 5.75 Å². The van der Waals surface area contributed by atoms with E-state index in [1.54, 1.807) is 7.11 Å². The van der Waals surface area contributed by atoms with Gasteiger partial charge in [0.2, 0.25) is 0 Å². The third kappa shape index (κ3) is 2.32. The van der Waals surface area contributed by atoms with Crippen molar-refractivity contribution in [2.45, 2.75) is 25.9 Å². The fourth-order valence-electron chi connectivity index (χ4n) is 1.98. The van der Waals surface area contributed by atoms with Crippen LogP contribution in [0.4, 0.5) is 0 Å². The maximum atomic E-state index is 10.1. The number of aliphatic hydroxyl groups is 1. The molecule has 0 aromatic heterocycles. The first-order chi connectivity index (χ1) is 7.22. The Morgan fingerprint density at radius 1 is 1.27 bits per heavy atom. The third-order valence-corrected chi connectivity index (χ3v) is 3.32. The first-order valence-corrected chi connectivity index (χ1v) is 5.54. The van der Waals surface area contributed by atoms with Gasteiger partial charge in [-0.2, -0.15) is 0 Å². The molecule has 0 bridgehead atoms. The van der Waals surface area contributed by atoms with E-state index in [1.165, 1.54) is 12.8 Å². The fourth-order valence-corrected chi connectivity index (χ4v) is 1.98. The zero-order valence-corrected chi connectivity index (χ0v) is 9.31. The monoisotopic (exact) mass is 206 g/mol. The van der Waals surface area contributed by atoms with Gasteiger partial charge < -0.3 is 9.84 Å². The van der Waals surface area contributed by atoms with Crippen LogP contribution < -0.4 is 4.74 Å². The van der Waals surface area contributed by atoms with Crippen LogP contribution >= 0.6 is 0 Å². The van der Waals surface area contributed by atoms with E-state index in [2.05, 4.69) is 6.92 Å². The molecule has 2 rings (SSSR count). The molecule has 0 aliphatic heterocycles. The minimum atomic E-state index is -0.330. The van der Waals surface area contributed by atoms with Crippen LogP contribution in [0.5, 0.6) is 5.75 Å². The third-order valence-electron chi connectivity index (χ3n) is 3.32. The maximum absolute atomic E-state index is 10.1. The number of hydrogen-bond acceptors (Lipinski definition) is 2. The first kappa shape index (κ1) is 10.5. The highest BCUT2D eigenvalue weighted by molar-refractivity contribution is 5.28. The van der Waals surface area contributed by atoms with Crippen molar-refractivity contribution in [2.75, 3.05) is 7.11 Å². The molecule has 2 unspecified atom stereocenters. The normalized spacial score (nSPS) is 19.7. The van der Waals surface area contributed by atoms with Gasteiger partial charge in [-0.1, -0.05) is 19.1 Å². The molecule has 0 spiro atoms. The summed E-state index contributed by atoms with van der Waals surface area (Å²) in [4.78, 5) is 0. The van der Waals surface area contributed by atoms with Crippen molar-refractivity contribution in [3.63, 3.8) is 0 Å². The summed E-state index contributed by atoms with van der Waals surface area (Å²) in [6.07, 6.45) is 2.21. The van der Waals surface area contributed by atoms with Crippen molar-refractivity contribution in [3.05, 3.63) is 29.8 Å². The van der Waals surface area contributed by atoms with Crippen LogP contribution in [0.15, 0.2) is 24.3 Å². The maximum Gasteiger partial charge on any atom is 0.118 e. The molecule has 1 aromatic rings. The van der Waals surface area contributed by atoms with Crippen molar-refractivity contribution < 1.29 is 9.84 Å². The minimum Gasteiger partial charge on any atom is -0.497 e. The van der Waals surface area contributed by atoms with E-state index in [4.69, 9.17) is 4.74 Å². The predicted molar refractivity (Wildman–Crippen MR) is 59.8 cm³/mol. The standard InChI is InChI=1S/C13H18O2/c1-9(10-3-4-10)13(14)11-5-7-12(15-2)8-6-11/h5-10,13-14H,3-4H2,1-2H3. The molecular weight excluding hydrogens is 188 g/mol. The topological polar surface area (TPSA) is 29.5 Å². The molecule has 0 radical (unpaired) electrons. The van der Waals surface area contributed by atoms with E-state index in [9.17, 15) is 5.11 Å². The Labute approximate surface area is 90.9 Å². The number of hydrogen-bond donors (Lipinski definition) is 1. The molecule has 1 saturated carbocycles. The summed E-state index contributed by atoms with van der Waals surface area (Å²) in [6, 6.07) is 7.70. The Morgan fingerprint density at radius 2 is 1.87 bits per heavy atom. The summed E-state index contributed by atoms with van der Waals surface area (Å²) in [5, 5.41) is 10.1. The molecule has 15 heavy (non-hydrogen) atoms. The molecule has 2 nitrogen and oxygen atoms in total. The van der Waals surface area contributed by atoms with Crippen molar-refractivity contribution in [1.82, 2.24) is 0 Å². The highest BCUT2D eigenvalue weighted by Gasteiger charge is 2.32. The summed E-state index contributed by atoms with van der Waals surface area (Å²) in [7, 11) is 1.65. The minimum absolute atomic E-state index is 0.330. The second-order valence-corrected chi connectivity index (χ2v) is 4.41. The smallest absolute Gasteiger partial charge is 0.118 e. The van der Waals surface area contributed by atoms with E-state index < -0.39 is 0 Å². The number of methoxy groups -OCH3 is 1. The van der Waals surface area contributed by atoms with Gasteiger partial charge in [-0.15, -0.1) is 0 Å². The summed E-state index contributed by atoms with van der Waals surface area (Å²) in [5.74, 6) is 1.94. The quantitative estimate of drug-likeness (QED) is 0.820. The summed E-state index contributed by atoms with van der Waals surface area (Å²) >= 11 is 0. The Hall–Kier alpha value is -1.02. The molecule has 0 heterocycles. The highest BCUT2D eigenvalue weighted by Crippen LogP contribution is 2.42. The number of benzene rings is 1. The number of ether oxygens (including phenoxy) is 1. The molecule has 1 aliphatic rings. The lowest BCUT2D eigenvalue weighted by Crippen LogP contribution is -2.10. The van der Waals surface area contributed by atoms with Gasteiger partial charge in [-0.25, -0.2) is 0 Å². The van der Waals surface area contributed by atoms with Crippen LogP contribution in [-0.4, -0.2) is 12.2 Å². The first-order valence-electron chi connectivity index (χ1n) is 5.54. The van der Waals surface area contributed by atoms with Crippen LogP contribution in [0.2, 0.25) is 0 Å². The molecule has 2 atom stereocenters. The van der Waals surface area contributed by atoms with Gasteiger partial charge in [-0.3, -0.25) is 0 Å². The molecular formula is C13H18O2. The zero-order valence-electron chi connectivity index (χ0n) is 9.31. The second kappa shape index (κ2) is 4.23. The Bertz CT molecular complexity index is 314. The molecule has 1 aromatic carbocycles. The van der Waals surface area contributed by atoms with E-state index in [0.717, 1.165) is 17.2 Å². The molecule has 1 aliphatic carbocycles. The molecule has 0 saturated heterocycles. The van der Waals surface area contributed by atoms with Crippen LogP contribution in [0, 0.1) is 11.8 Å². The van der Waals surface area contributed by atoms with Gasteiger partial charge in [0.05, 0.1) is 13.2 Å². The summed E-state index contributed by atoms with van der Waals surface area (Å²) in [6.45, 7) is 2.13. The van der Waals surface area contributed by atoms with Crippen molar-refractivity contribution in [3.8, 4) is 5.75 Å². The fraction of sp³-hybridized carbons (Fsp3) is 0.538. The predicted octanol–water partition coefficient (Wildman–Crippen LogP) is 2.77. The zero-order chi connectivity index (χ0) is 10.8. The lowest BCUT2D eigenvalue weighted by molar-refractivity contribution is 0.106. The lowest BCUT2D eigenvalue weighted by Gasteiger charge is -2.18. The van der Waals surface area contributed by atoms with E-state index in [0.29, 0.717) is 5.92 Å². The molecule has 1 N–H and O–H groups in total. The van der Waals surface area contributed by atoms with Gasteiger partial charge in [0.15, 0.2) is 0 Å². The van der Waals surface area contributed by atoms with Crippen LogP contribution in [0.3, 0.4) is 0 Å². The molecule has 1 fully saturated rings. The van der Waals surface area contributed by atoms with Crippen molar-refractivity contribution >= 4 is 0 Å². The SMILES string of the molecule is COc1ccc(C(O)C(C)C2CC2)cc1. The van der Waals surface area contributed by atoms with Crippen molar-refractivity contribution in [1.29, 1.82) is 0 Å². The molecule has 82 valence electrons. The highest BCUT2D eigenvalue weighted by atomic mass is 16.5. The Kier molecular flexibility index (Phi) is 2.96. The average molecular weight is 206 g/mol. The largest absolute Gasteiger partial charge is 0.497 e. The number of aliphatic hydroxyl groups excluding tert-OH is 1. The number of rotatable bonds is 4. The Morgan fingerprint density at radius 3 is 2.33 bits per heavy atom. The average Bonchev–Trinajstić information content (AvgIpc) is 3.11. The van der Waals surface area contributed by atoms with Gasteiger partial charge in [-0.05, 0) is 42.4 Å². The summed E-state index contributed by atoms with van der Waals surface area (Å²) < 4.78 is 5.09. The lowest BCUT2D eigenvalue weighted by atomic mass is 9.93. The van der Waals surface area contributed by atoms with Gasteiger partial charge in [0, 0.05) is 0 Å². The summed E-state index contributed by atoms with van der Waals surface area (Å²) in [5.41, 5.74) is 0.996. The molecule has 2 heteroatoms. The van der Waals surface area contributed by atoms with Crippen LogP contribution in [-0.2, 0) is 0 Å². The van der Waals surface area contributed by atoms with Gasteiger partial charge >= 0.3 is 0 Å². The Balaban J connectivity index is 2.07. The van der Waals surface area contributed by atoms with Gasteiger partial charge in [0.25, 0.3) is 0 Å². The second-order valence-electron chi connectivity index (χ2n) is 4.41. The van der Waals surface area contributed by atoms with E-state index >= 15 is 0 Å².